The number of piperidine rings is 1. The molecular weight excluding hydrogens is 238 g/mol. The molecule has 0 saturated carbocycles. The molecule has 1 aromatic carbocycles. The van der Waals surface area contributed by atoms with Crippen LogP contribution >= 0.6 is 0 Å². The first-order chi connectivity index (χ1) is 9.27. The minimum Gasteiger partial charge on any atom is -0.392 e. The van der Waals surface area contributed by atoms with E-state index in [4.69, 9.17) is 0 Å². The number of imidazole rings is 1. The fourth-order valence-corrected chi connectivity index (χ4v) is 2.75. The van der Waals surface area contributed by atoms with Crippen LogP contribution in [0.4, 0.5) is 0 Å². The topological polar surface area (TPSA) is 50.1 Å². The Morgan fingerprint density at radius 1 is 1.32 bits per heavy atom. The number of nitrogens with zero attached hydrogens (tertiary/aromatic N) is 2. The van der Waals surface area contributed by atoms with E-state index in [1.807, 2.05) is 31.4 Å². The summed E-state index contributed by atoms with van der Waals surface area (Å²) in [6, 6.07) is 10.2. The second kappa shape index (κ2) is 5.15. The van der Waals surface area contributed by atoms with Crippen molar-refractivity contribution in [2.75, 3.05) is 13.1 Å². The Bertz CT molecular complexity index is 550. The molecule has 1 fully saturated rings. The van der Waals surface area contributed by atoms with Gasteiger partial charge in [-0.1, -0.05) is 30.3 Å². The minimum absolute atomic E-state index is 0.0798. The number of aliphatic hydroxyl groups excluding tert-OH is 1. The summed E-state index contributed by atoms with van der Waals surface area (Å²) in [6.07, 6.45) is 2.38. The lowest BCUT2D eigenvalue weighted by molar-refractivity contribution is 0.110. The number of rotatable bonds is 2. The summed E-state index contributed by atoms with van der Waals surface area (Å²) in [5.41, 5.74) is 2.25. The second-order valence-electron chi connectivity index (χ2n) is 5.09. The molecule has 100 valence electrons. The van der Waals surface area contributed by atoms with Crippen LogP contribution in [-0.2, 0) is 7.05 Å². The molecule has 2 heterocycles. The fourth-order valence-electron chi connectivity index (χ4n) is 2.75. The zero-order valence-electron chi connectivity index (χ0n) is 11.1. The van der Waals surface area contributed by atoms with Gasteiger partial charge < -0.3 is 15.0 Å². The van der Waals surface area contributed by atoms with E-state index < -0.39 is 0 Å². The maximum absolute atomic E-state index is 10.1. The zero-order chi connectivity index (χ0) is 13.2. The Morgan fingerprint density at radius 3 is 2.84 bits per heavy atom. The molecule has 0 aliphatic carbocycles. The summed E-state index contributed by atoms with van der Waals surface area (Å²) in [4.78, 5) is 4.53. The fraction of sp³-hybridized carbons (Fsp3) is 0.400. The van der Waals surface area contributed by atoms with Gasteiger partial charge in [0, 0.05) is 13.6 Å². The van der Waals surface area contributed by atoms with Gasteiger partial charge in [-0.05, 0) is 18.5 Å². The average Bonchev–Trinajstić information content (AvgIpc) is 2.82. The zero-order valence-corrected chi connectivity index (χ0v) is 11.1. The van der Waals surface area contributed by atoms with E-state index in [2.05, 4.69) is 27.0 Å². The summed E-state index contributed by atoms with van der Waals surface area (Å²) in [7, 11) is 2.02. The van der Waals surface area contributed by atoms with E-state index in [9.17, 15) is 5.11 Å². The van der Waals surface area contributed by atoms with Crippen LogP contribution in [-0.4, -0.2) is 33.9 Å². The second-order valence-corrected chi connectivity index (χ2v) is 5.09. The van der Waals surface area contributed by atoms with E-state index in [0.717, 1.165) is 36.6 Å². The Kier molecular flexibility index (Phi) is 3.36. The standard InChI is InChI=1S/C15H19N3O/c1-18-13(11-5-3-2-4-6-11)10-17-15(18)12-9-16-8-7-14(12)19/h2-6,10,12,14,16,19H,7-9H2,1H3/t12-,14+/m0/s1. The third-order valence-electron chi connectivity index (χ3n) is 3.87. The molecule has 0 bridgehead atoms. The van der Waals surface area contributed by atoms with Crippen LogP contribution in [0.5, 0.6) is 0 Å². The number of nitrogens with one attached hydrogen (secondary N) is 1. The molecule has 1 saturated heterocycles. The van der Waals surface area contributed by atoms with Crippen LogP contribution in [0.25, 0.3) is 11.3 Å². The molecule has 2 aromatic rings. The van der Waals surface area contributed by atoms with Crippen LogP contribution in [0.15, 0.2) is 36.5 Å². The van der Waals surface area contributed by atoms with Gasteiger partial charge in [-0.15, -0.1) is 0 Å². The van der Waals surface area contributed by atoms with Crippen molar-refractivity contribution in [3.63, 3.8) is 0 Å². The third kappa shape index (κ3) is 2.29. The van der Waals surface area contributed by atoms with Crippen molar-refractivity contribution in [2.24, 2.45) is 7.05 Å². The van der Waals surface area contributed by atoms with Crippen molar-refractivity contribution >= 4 is 0 Å². The normalized spacial score (nSPS) is 23.5. The van der Waals surface area contributed by atoms with Gasteiger partial charge in [-0.2, -0.15) is 0 Å². The lowest BCUT2D eigenvalue weighted by Gasteiger charge is -2.28. The molecule has 1 aliphatic heterocycles. The Labute approximate surface area is 113 Å². The van der Waals surface area contributed by atoms with E-state index >= 15 is 0 Å². The largest absolute Gasteiger partial charge is 0.392 e. The lowest BCUT2D eigenvalue weighted by atomic mass is 9.95. The van der Waals surface area contributed by atoms with Gasteiger partial charge in [0.05, 0.1) is 23.9 Å². The molecule has 3 rings (SSSR count). The molecule has 0 amide bonds. The highest BCUT2D eigenvalue weighted by atomic mass is 16.3. The summed E-state index contributed by atoms with van der Waals surface area (Å²) < 4.78 is 2.09. The number of aliphatic hydroxyl groups is 1. The predicted molar refractivity (Wildman–Crippen MR) is 74.9 cm³/mol. The maximum Gasteiger partial charge on any atom is 0.115 e. The smallest absolute Gasteiger partial charge is 0.115 e. The van der Waals surface area contributed by atoms with Crippen molar-refractivity contribution < 1.29 is 5.11 Å². The number of benzene rings is 1. The third-order valence-corrected chi connectivity index (χ3v) is 3.87. The van der Waals surface area contributed by atoms with Gasteiger partial charge in [-0.3, -0.25) is 0 Å². The Morgan fingerprint density at radius 2 is 2.11 bits per heavy atom. The number of aromatic nitrogens is 2. The molecule has 0 radical (unpaired) electrons. The van der Waals surface area contributed by atoms with Crippen LogP contribution in [0.1, 0.15) is 18.2 Å². The number of hydrogen-bond acceptors (Lipinski definition) is 3. The van der Waals surface area contributed by atoms with Gasteiger partial charge in [0.25, 0.3) is 0 Å². The van der Waals surface area contributed by atoms with E-state index in [-0.39, 0.29) is 12.0 Å². The summed E-state index contributed by atoms with van der Waals surface area (Å²) in [5, 5.41) is 13.5. The molecule has 19 heavy (non-hydrogen) atoms. The molecule has 2 atom stereocenters. The molecule has 4 heteroatoms. The highest BCUT2D eigenvalue weighted by molar-refractivity contribution is 5.59. The molecule has 4 nitrogen and oxygen atoms in total. The predicted octanol–water partition coefficient (Wildman–Crippen LogP) is 1.52. The highest BCUT2D eigenvalue weighted by Crippen LogP contribution is 2.27. The van der Waals surface area contributed by atoms with Gasteiger partial charge in [0.2, 0.25) is 0 Å². The first kappa shape index (κ1) is 12.4. The van der Waals surface area contributed by atoms with Gasteiger partial charge in [0.1, 0.15) is 5.82 Å². The first-order valence-corrected chi connectivity index (χ1v) is 6.73. The summed E-state index contributed by atoms with van der Waals surface area (Å²) >= 11 is 0. The molecule has 0 unspecified atom stereocenters. The summed E-state index contributed by atoms with van der Waals surface area (Å²) in [6.45, 7) is 1.67. The van der Waals surface area contributed by atoms with Crippen molar-refractivity contribution in [2.45, 2.75) is 18.4 Å². The van der Waals surface area contributed by atoms with Crippen molar-refractivity contribution in [1.82, 2.24) is 14.9 Å². The maximum atomic E-state index is 10.1. The van der Waals surface area contributed by atoms with Crippen LogP contribution in [0, 0.1) is 0 Å². The van der Waals surface area contributed by atoms with Crippen molar-refractivity contribution in [1.29, 1.82) is 0 Å². The Balaban J connectivity index is 1.95. The molecular formula is C15H19N3O. The first-order valence-electron chi connectivity index (χ1n) is 6.73. The molecule has 0 spiro atoms. The van der Waals surface area contributed by atoms with Crippen LogP contribution in [0.3, 0.4) is 0 Å². The van der Waals surface area contributed by atoms with E-state index in [0.29, 0.717) is 0 Å². The lowest BCUT2D eigenvalue weighted by Crippen LogP contribution is -2.39. The molecule has 1 aliphatic rings. The summed E-state index contributed by atoms with van der Waals surface area (Å²) in [5.74, 6) is 1.04. The minimum atomic E-state index is -0.300. The Hall–Kier alpha value is -1.65. The SMILES string of the molecule is Cn1c(-c2ccccc2)cnc1[C@H]1CNCC[C@H]1O. The van der Waals surface area contributed by atoms with Crippen LogP contribution < -0.4 is 5.32 Å². The van der Waals surface area contributed by atoms with Gasteiger partial charge in [-0.25, -0.2) is 4.98 Å². The number of hydrogen-bond donors (Lipinski definition) is 2. The van der Waals surface area contributed by atoms with E-state index in [1.54, 1.807) is 0 Å². The monoisotopic (exact) mass is 257 g/mol. The molecule has 1 aromatic heterocycles. The van der Waals surface area contributed by atoms with Gasteiger partial charge in [0.15, 0.2) is 0 Å². The van der Waals surface area contributed by atoms with Crippen molar-refractivity contribution in [3.05, 3.63) is 42.4 Å². The highest BCUT2D eigenvalue weighted by Gasteiger charge is 2.28. The quantitative estimate of drug-likeness (QED) is 0.857. The van der Waals surface area contributed by atoms with Crippen LogP contribution in [0.2, 0.25) is 0 Å². The average molecular weight is 257 g/mol. The van der Waals surface area contributed by atoms with Crippen molar-refractivity contribution in [3.8, 4) is 11.3 Å². The molecule has 2 N–H and O–H groups in total. The van der Waals surface area contributed by atoms with E-state index in [1.165, 1.54) is 0 Å². The van der Waals surface area contributed by atoms with Gasteiger partial charge >= 0.3 is 0 Å².